The van der Waals surface area contributed by atoms with Crippen LogP contribution in [0.1, 0.15) is 22.3 Å². The molecular weight excluding hydrogens is 469 g/mol. The number of ether oxygens (including phenoxy) is 1. The van der Waals surface area contributed by atoms with Crippen molar-refractivity contribution in [3.63, 3.8) is 0 Å². The quantitative estimate of drug-likeness (QED) is 0.439. The third kappa shape index (κ3) is 4.97. The van der Waals surface area contributed by atoms with Gasteiger partial charge >= 0.3 is 12.4 Å². The molecule has 1 aliphatic heterocycles. The van der Waals surface area contributed by atoms with Crippen molar-refractivity contribution in [2.24, 2.45) is 0 Å². The maximum atomic E-state index is 13.8. The highest BCUT2D eigenvalue weighted by Crippen LogP contribution is 2.37. The number of rotatable bonds is 3. The number of hydrogen-bond acceptors (Lipinski definition) is 3. The summed E-state index contributed by atoms with van der Waals surface area (Å²) >= 11 is 0. The summed E-state index contributed by atoms with van der Waals surface area (Å²) in [6.45, 7) is -1.27. The van der Waals surface area contributed by atoms with E-state index in [0.717, 1.165) is 4.90 Å². The predicted molar refractivity (Wildman–Crippen MR) is 106 cm³/mol. The zero-order valence-electron chi connectivity index (χ0n) is 17.2. The molecule has 4 nitrogen and oxygen atoms in total. The lowest BCUT2D eigenvalue weighted by atomic mass is 10.00. The minimum atomic E-state index is -5.01. The Morgan fingerprint density at radius 3 is 2.24 bits per heavy atom. The van der Waals surface area contributed by atoms with E-state index in [-0.39, 0.29) is 24.1 Å². The first-order valence-electron chi connectivity index (χ1n) is 9.84. The van der Waals surface area contributed by atoms with Crippen LogP contribution in [0.25, 0.3) is 11.1 Å². The van der Waals surface area contributed by atoms with Gasteiger partial charge < -0.3 is 9.64 Å². The molecular formula is C23H15F7N2O2. The molecule has 1 aliphatic rings. The molecule has 1 amide bonds. The topological polar surface area (TPSA) is 42.4 Å². The second-order valence-corrected chi connectivity index (χ2v) is 7.61. The third-order valence-corrected chi connectivity index (χ3v) is 5.21. The van der Waals surface area contributed by atoms with E-state index in [4.69, 9.17) is 4.74 Å². The fraction of sp³-hybridized carbons (Fsp3) is 0.217. The molecule has 34 heavy (non-hydrogen) atoms. The highest BCUT2D eigenvalue weighted by molar-refractivity contribution is 5.80. The highest BCUT2D eigenvalue weighted by atomic mass is 19.4. The Hall–Kier alpha value is -3.63. The highest BCUT2D eigenvalue weighted by Gasteiger charge is 2.37. The van der Waals surface area contributed by atoms with Gasteiger partial charge in [-0.2, -0.15) is 26.3 Å². The number of fused-ring (bicyclic) bond motifs is 1. The maximum Gasteiger partial charge on any atom is 0.416 e. The van der Waals surface area contributed by atoms with Crippen molar-refractivity contribution in [1.82, 2.24) is 9.88 Å². The average molecular weight is 484 g/mol. The van der Waals surface area contributed by atoms with Crippen molar-refractivity contribution in [1.29, 1.82) is 0 Å². The van der Waals surface area contributed by atoms with E-state index in [9.17, 15) is 35.5 Å². The second kappa shape index (κ2) is 8.62. The molecule has 2 aromatic carbocycles. The van der Waals surface area contributed by atoms with Crippen molar-refractivity contribution in [3.8, 4) is 17.0 Å². The molecule has 0 atom stereocenters. The van der Waals surface area contributed by atoms with Crippen LogP contribution in [0.15, 0.2) is 54.7 Å². The van der Waals surface area contributed by atoms with Crippen molar-refractivity contribution < 1.29 is 40.3 Å². The van der Waals surface area contributed by atoms with Gasteiger partial charge in [0.25, 0.3) is 5.91 Å². The van der Waals surface area contributed by atoms with Crippen LogP contribution in [0.4, 0.5) is 30.7 Å². The molecule has 11 heteroatoms. The number of pyridine rings is 1. The Kier molecular flexibility index (Phi) is 5.96. The van der Waals surface area contributed by atoms with Crippen molar-refractivity contribution in [3.05, 3.63) is 82.8 Å². The molecule has 0 fully saturated rings. The van der Waals surface area contributed by atoms with Crippen LogP contribution in [-0.4, -0.2) is 22.4 Å². The van der Waals surface area contributed by atoms with E-state index in [2.05, 4.69) is 4.98 Å². The minimum Gasteiger partial charge on any atom is -0.467 e. The molecule has 0 radical (unpaired) electrons. The number of hydrogen-bond donors (Lipinski definition) is 0. The van der Waals surface area contributed by atoms with Gasteiger partial charge in [-0.25, -0.2) is 9.37 Å². The largest absolute Gasteiger partial charge is 0.467 e. The smallest absolute Gasteiger partial charge is 0.416 e. The van der Waals surface area contributed by atoms with Crippen LogP contribution in [0, 0.1) is 5.82 Å². The molecule has 3 aromatic rings. The van der Waals surface area contributed by atoms with Gasteiger partial charge in [0.1, 0.15) is 5.82 Å². The minimum absolute atomic E-state index is 0.0259. The summed E-state index contributed by atoms with van der Waals surface area (Å²) in [4.78, 5) is 17.8. The zero-order valence-corrected chi connectivity index (χ0v) is 17.2. The molecule has 0 unspecified atom stereocenters. The summed E-state index contributed by atoms with van der Waals surface area (Å²) in [6, 6.07) is 8.29. The summed E-state index contributed by atoms with van der Waals surface area (Å²) in [5, 5.41) is 0. The Balaban J connectivity index is 1.73. The maximum absolute atomic E-state index is 13.8. The van der Waals surface area contributed by atoms with Gasteiger partial charge in [-0.15, -0.1) is 0 Å². The lowest BCUT2D eigenvalue weighted by molar-refractivity contribution is -0.143. The normalized spacial score (nSPS) is 14.4. The molecule has 0 N–H and O–H groups in total. The van der Waals surface area contributed by atoms with Crippen LogP contribution in [0.2, 0.25) is 0 Å². The number of amides is 1. The molecule has 2 heterocycles. The first-order valence-corrected chi connectivity index (χ1v) is 9.84. The summed E-state index contributed by atoms with van der Waals surface area (Å²) in [5.41, 5.74) is -2.05. The van der Waals surface area contributed by atoms with E-state index in [1.165, 1.54) is 24.4 Å². The van der Waals surface area contributed by atoms with Gasteiger partial charge in [0.05, 0.1) is 17.7 Å². The molecule has 0 saturated carbocycles. The van der Waals surface area contributed by atoms with Gasteiger partial charge in [-0.05, 0) is 53.1 Å². The van der Waals surface area contributed by atoms with E-state index >= 15 is 0 Å². The van der Waals surface area contributed by atoms with Crippen LogP contribution in [-0.2, 0) is 30.2 Å². The molecule has 1 aromatic heterocycles. The lowest BCUT2D eigenvalue weighted by Crippen LogP contribution is -2.32. The zero-order chi connectivity index (χ0) is 24.7. The number of aromatic nitrogens is 1. The fourth-order valence-electron chi connectivity index (χ4n) is 3.65. The Labute approximate surface area is 188 Å². The summed E-state index contributed by atoms with van der Waals surface area (Å²) in [6.07, 6.45) is -8.63. The molecule has 0 aliphatic carbocycles. The Morgan fingerprint density at radius 2 is 1.62 bits per heavy atom. The number of alkyl halides is 6. The standard InChI is InChI=1S/C23H15F7N2O2/c24-17-3-1-2-14(8-17)18-4-5-31-21-19(18)11-32(20(33)12-34-21)10-13-6-15(22(25,26)27)9-16(7-13)23(28,29)30/h1-9H,10-12H2. The van der Waals surface area contributed by atoms with E-state index in [0.29, 0.717) is 28.8 Å². The first-order chi connectivity index (χ1) is 15.9. The Bertz CT molecular complexity index is 1210. The second-order valence-electron chi connectivity index (χ2n) is 7.61. The van der Waals surface area contributed by atoms with Gasteiger partial charge in [0, 0.05) is 18.3 Å². The van der Waals surface area contributed by atoms with Crippen LogP contribution >= 0.6 is 0 Å². The molecule has 178 valence electrons. The summed E-state index contributed by atoms with van der Waals surface area (Å²) in [7, 11) is 0. The van der Waals surface area contributed by atoms with Crippen molar-refractivity contribution in [2.45, 2.75) is 25.4 Å². The van der Waals surface area contributed by atoms with E-state index in [1.807, 2.05) is 0 Å². The van der Waals surface area contributed by atoms with Gasteiger partial charge in [0.2, 0.25) is 5.88 Å². The predicted octanol–water partition coefficient (Wildman–Crippen LogP) is 5.85. The number of benzene rings is 2. The average Bonchev–Trinajstić information content (AvgIpc) is 2.91. The lowest BCUT2D eigenvalue weighted by Gasteiger charge is -2.22. The SMILES string of the molecule is O=C1COc2nccc(-c3cccc(F)c3)c2CN1Cc1cc(C(F)(F)F)cc(C(F)(F)F)c1. The summed E-state index contributed by atoms with van der Waals surface area (Å²) in [5.74, 6) is -1.11. The monoisotopic (exact) mass is 484 g/mol. The van der Waals surface area contributed by atoms with Crippen LogP contribution in [0.5, 0.6) is 5.88 Å². The molecule has 4 rings (SSSR count). The number of nitrogens with zero attached hydrogens (tertiary/aromatic N) is 2. The van der Waals surface area contributed by atoms with Gasteiger partial charge in [-0.3, -0.25) is 4.79 Å². The van der Waals surface area contributed by atoms with Crippen molar-refractivity contribution >= 4 is 5.91 Å². The van der Waals surface area contributed by atoms with E-state index < -0.39 is 48.4 Å². The first kappa shape index (κ1) is 23.5. The third-order valence-electron chi connectivity index (χ3n) is 5.21. The van der Waals surface area contributed by atoms with Gasteiger partial charge in [-0.1, -0.05) is 12.1 Å². The molecule has 0 spiro atoms. The van der Waals surface area contributed by atoms with E-state index in [1.54, 1.807) is 12.1 Å². The van der Waals surface area contributed by atoms with Crippen LogP contribution in [0.3, 0.4) is 0 Å². The van der Waals surface area contributed by atoms with Crippen molar-refractivity contribution in [2.75, 3.05) is 6.61 Å². The molecule has 0 saturated heterocycles. The number of halogens is 7. The number of carbonyl (C=O) groups excluding carboxylic acids is 1. The number of carbonyl (C=O) groups is 1. The van der Waals surface area contributed by atoms with Crippen LogP contribution < -0.4 is 4.74 Å². The summed E-state index contributed by atoms with van der Waals surface area (Å²) < 4.78 is 98.5. The molecule has 0 bridgehead atoms. The Morgan fingerprint density at radius 1 is 0.941 bits per heavy atom. The fourth-order valence-corrected chi connectivity index (χ4v) is 3.65. The van der Waals surface area contributed by atoms with Gasteiger partial charge in [0.15, 0.2) is 6.61 Å².